The minimum Gasteiger partial charge on any atom is -0.138 e. The highest BCUT2D eigenvalue weighted by atomic mass is 15.3. The normalized spacial score (nSPS) is 12.1. The van der Waals surface area contributed by atoms with E-state index < -0.39 is 0 Å². The monoisotopic (exact) mass is 431 g/mol. The summed E-state index contributed by atoms with van der Waals surface area (Å²) in [5.74, 6) is 0. The van der Waals surface area contributed by atoms with Crippen molar-refractivity contribution in [1.82, 2.24) is 15.4 Å². The number of rotatable bonds is 0. The Balaban J connectivity index is 0.000000158. The number of benzene rings is 8. The van der Waals surface area contributed by atoms with Crippen molar-refractivity contribution in [2.24, 2.45) is 0 Å². The first-order valence-corrected chi connectivity index (χ1v) is 11.5. The van der Waals surface area contributed by atoms with Crippen LogP contribution in [0.2, 0.25) is 0 Å². The molecule has 1 heterocycles. The Kier molecular flexibility index (Phi) is 3.39. The zero-order valence-electron chi connectivity index (χ0n) is 18.2. The summed E-state index contributed by atoms with van der Waals surface area (Å²) in [6.45, 7) is 0. The van der Waals surface area contributed by atoms with Crippen molar-refractivity contribution in [3.05, 3.63) is 103 Å². The smallest absolute Gasteiger partial charge is 0.0963 e. The quantitative estimate of drug-likeness (QED) is 0.181. The van der Waals surface area contributed by atoms with Gasteiger partial charge in [0.1, 0.15) is 0 Å². The second-order valence-corrected chi connectivity index (χ2v) is 8.97. The van der Waals surface area contributed by atoms with E-state index in [4.69, 9.17) is 0 Å². The molecule has 0 aliphatic heterocycles. The summed E-state index contributed by atoms with van der Waals surface area (Å²) in [7, 11) is 0. The first-order chi connectivity index (χ1) is 16.9. The van der Waals surface area contributed by atoms with Gasteiger partial charge in [0.05, 0.1) is 11.7 Å². The molecule has 0 radical (unpaired) electrons. The van der Waals surface area contributed by atoms with Gasteiger partial charge >= 0.3 is 0 Å². The van der Waals surface area contributed by atoms with Crippen LogP contribution < -0.4 is 0 Å². The second kappa shape index (κ2) is 6.46. The number of hydrogen-bond donors (Lipinski definition) is 0. The topological polar surface area (TPSA) is 38.7 Å². The number of aromatic nitrogens is 3. The highest BCUT2D eigenvalue weighted by molar-refractivity contribution is 6.44. The lowest BCUT2D eigenvalue weighted by molar-refractivity contribution is 0.895. The Bertz CT molecular complexity index is 1670. The average Bonchev–Trinajstić information content (AvgIpc) is 2.92. The number of fused-ring (bicyclic) bond motifs is 1. The molecule has 0 saturated heterocycles. The van der Waals surface area contributed by atoms with Crippen LogP contribution in [0, 0.1) is 0 Å². The molecule has 0 atom stereocenters. The predicted octanol–water partition coefficient (Wildman–Crippen LogP) is 7.94. The standard InChI is InChI=1S/C24H12.C7H5N3/c1-2-14-5-6-16-9-11-18-12-10-17-8-7-15-4-3-13(1)19-20(14)22(16)24(18)23(17)21(15)19;1-2-4-7-6(3-1)5-8-10-9-7/h1-12H;1-5H. The van der Waals surface area contributed by atoms with E-state index in [-0.39, 0.29) is 0 Å². The molecule has 9 aromatic rings. The highest BCUT2D eigenvalue weighted by Gasteiger charge is 2.19. The van der Waals surface area contributed by atoms with Crippen LogP contribution in [0.5, 0.6) is 0 Å². The lowest BCUT2D eigenvalue weighted by Gasteiger charge is -2.20. The van der Waals surface area contributed by atoms with Gasteiger partial charge in [-0.3, -0.25) is 0 Å². The van der Waals surface area contributed by atoms with Crippen molar-refractivity contribution in [1.29, 1.82) is 0 Å². The molecule has 0 N–H and O–H groups in total. The van der Waals surface area contributed by atoms with Gasteiger partial charge in [-0.1, -0.05) is 91.0 Å². The lowest BCUT2D eigenvalue weighted by Crippen LogP contribution is -1.91. The summed E-state index contributed by atoms with van der Waals surface area (Å²) >= 11 is 0. The highest BCUT2D eigenvalue weighted by Crippen LogP contribution is 2.47. The molecular weight excluding hydrogens is 414 g/mol. The molecule has 0 aliphatic rings. The van der Waals surface area contributed by atoms with E-state index in [0.29, 0.717) is 0 Å². The molecule has 0 fully saturated rings. The molecule has 9 rings (SSSR count). The SMILES string of the molecule is c1cc2ccc3ccc4ccc5ccc6ccc1c1c2c3c4c5c61.c1ccc2nnncc2c1. The Morgan fingerprint density at radius 1 is 0.353 bits per heavy atom. The van der Waals surface area contributed by atoms with Crippen molar-refractivity contribution in [3.8, 4) is 0 Å². The summed E-state index contributed by atoms with van der Waals surface area (Å²) in [5, 5.41) is 28.7. The van der Waals surface area contributed by atoms with Crippen LogP contribution in [0.4, 0.5) is 0 Å². The molecule has 8 aromatic carbocycles. The zero-order chi connectivity index (χ0) is 22.2. The van der Waals surface area contributed by atoms with E-state index in [1.807, 2.05) is 24.3 Å². The molecule has 1 aromatic heterocycles. The fourth-order valence-electron chi connectivity index (χ4n) is 5.74. The van der Waals surface area contributed by atoms with E-state index >= 15 is 0 Å². The molecular formula is C31H17N3. The van der Waals surface area contributed by atoms with E-state index in [1.165, 1.54) is 64.6 Å². The maximum Gasteiger partial charge on any atom is 0.0963 e. The molecule has 0 spiro atoms. The van der Waals surface area contributed by atoms with Crippen LogP contribution in [-0.4, -0.2) is 15.4 Å². The summed E-state index contributed by atoms with van der Waals surface area (Å²) in [5.41, 5.74) is 0.887. The van der Waals surface area contributed by atoms with Gasteiger partial charge in [-0.2, -0.15) is 0 Å². The maximum atomic E-state index is 3.82. The third-order valence-electron chi connectivity index (χ3n) is 7.22. The van der Waals surface area contributed by atoms with Crippen molar-refractivity contribution >= 4 is 75.5 Å². The first kappa shape index (κ1) is 17.9. The van der Waals surface area contributed by atoms with Gasteiger partial charge in [-0.25, -0.2) is 0 Å². The van der Waals surface area contributed by atoms with E-state index in [2.05, 4.69) is 88.2 Å². The molecule has 0 amide bonds. The average molecular weight is 431 g/mol. The molecule has 0 aliphatic carbocycles. The van der Waals surface area contributed by atoms with Gasteiger partial charge in [0.25, 0.3) is 0 Å². The lowest BCUT2D eigenvalue weighted by atomic mass is 9.83. The zero-order valence-corrected chi connectivity index (χ0v) is 18.2. The van der Waals surface area contributed by atoms with E-state index in [1.54, 1.807) is 6.20 Å². The molecule has 0 unspecified atom stereocenters. The van der Waals surface area contributed by atoms with Gasteiger partial charge in [-0.15, -0.1) is 10.2 Å². The maximum absolute atomic E-state index is 3.82. The summed E-state index contributed by atoms with van der Waals surface area (Å²) in [6, 6.07) is 35.0. The summed E-state index contributed by atoms with van der Waals surface area (Å²) < 4.78 is 0. The first-order valence-electron chi connectivity index (χ1n) is 11.5. The molecule has 3 heteroatoms. The second-order valence-electron chi connectivity index (χ2n) is 8.97. The van der Waals surface area contributed by atoms with Gasteiger partial charge < -0.3 is 0 Å². The van der Waals surface area contributed by atoms with Crippen molar-refractivity contribution in [2.75, 3.05) is 0 Å². The summed E-state index contributed by atoms with van der Waals surface area (Å²) in [4.78, 5) is 0. The van der Waals surface area contributed by atoms with Gasteiger partial charge in [0, 0.05) is 5.39 Å². The number of nitrogens with zero attached hydrogens (tertiary/aromatic N) is 3. The van der Waals surface area contributed by atoms with Crippen molar-refractivity contribution < 1.29 is 0 Å². The third kappa shape index (κ3) is 2.28. The Morgan fingerprint density at radius 3 is 1.06 bits per heavy atom. The fraction of sp³-hybridized carbons (Fsp3) is 0. The predicted molar refractivity (Wildman–Crippen MR) is 142 cm³/mol. The largest absolute Gasteiger partial charge is 0.138 e. The van der Waals surface area contributed by atoms with Crippen LogP contribution in [0.3, 0.4) is 0 Å². The molecule has 0 saturated carbocycles. The van der Waals surface area contributed by atoms with Crippen LogP contribution in [0.1, 0.15) is 0 Å². The minimum absolute atomic E-state index is 0.887. The van der Waals surface area contributed by atoms with Crippen LogP contribution in [0.25, 0.3) is 75.5 Å². The van der Waals surface area contributed by atoms with E-state index in [0.717, 1.165) is 10.9 Å². The molecule has 156 valence electrons. The van der Waals surface area contributed by atoms with Crippen LogP contribution in [0.15, 0.2) is 103 Å². The van der Waals surface area contributed by atoms with Gasteiger partial charge in [0.15, 0.2) is 0 Å². The van der Waals surface area contributed by atoms with Gasteiger partial charge in [-0.05, 0) is 75.9 Å². The van der Waals surface area contributed by atoms with Crippen LogP contribution >= 0.6 is 0 Å². The Hall–Kier alpha value is -4.63. The fourth-order valence-corrected chi connectivity index (χ4v) is 5.74. The van der Waals surface area contributed by atoms with Gasteiger partial charge in [0.2, 0.25) is 0 Å². The summed E-state index contributed by atoms with van der Waals surface area (Å²) in [6.07, 6.45) is 1.70. The van der Waals surface area contributed by atoms with E-state index in [9.17, 15) is 0 Å². The molecule has 3 nitrogen and oxygen atoms in total. The Labute approximate surface area is 194 Å². The minimum atomic E-state index is 0.887. The Morgan fingerprint density at radius 2 is 0.706 bits per heavy atom. The van der Waals surface area contributed by atoms with Crippen LogP contribution in [-0.2, 0) is 0 Å². The molecule has 0 bridgehead atoms. The third-order valence-corrected chi connectivity index (χ3v) is 7.22. The number of hydrogen-bond acceptors (Lipinski definition) is 3. The van der Waals surface area contributed by atoms with Crippen molar-refractivity contribution in [2.45, 2.75) is 0 Å². The molecule has 34 heavy (non-hydrogen) atoms. The van der Waals surface area contributed by atoms with Crippen molar-refractivity contribution in [3.63, 3.8) is 0 Å².